The van der Waals surface area contributed by atoms with Crippen LogP contribution in [0.5, 0.6) is 0 Å². The SMILES string of the molecule is Cl.N#Cc1ccc(-c2cc(C(=O)N3C4CCC3CC(N)C4)sc2-c2ccncn2)cc1F. The van der Waals surface area contributed by atoms with Crippen molar-refractivity contribution in [3.05, 3.63) is 59.1 Å². The molecule has 4 heterocycles. The van der Waals surface area contributed by atoms with E-state index in [9.17, 15) is 9.18 Å². The van der Waals surface area contributed by atoms with Gasteiger partial charge in [0.15, 0.2) is 0 Å². The molecule has 1 amide bonds. The average Bonchev–Trinajstić information content (AvgIpc) is 3.34. The molecule has 164 valence electrons. The maximum absolute atomic E-state index is 14.3. The number of nitrogens with zero attached hydrogens (tertiary/aromatic N) is 4. The first-order chi connectivity index (χ1) is 15.0. The summed E-state index contributed by atoms with van der Waals surface area (Å²) in [5, 5.41) is 9.04. The molecule has 9 heteroatoms. The third kappa shape index (κ3) is 3.88. The number of carbonyl (C=O) groups is 1. The number of hydrogen-bond donors (Lipinski definition) is 1. The van der Waals surface area contributed by atoms with Crippen LogP contribution in [-0.2, 0) is 0 Å². The lowest BCUT2D eigenvalue weighted by Gasteiger charge is -2.37. The minimum absolute atomic E-state index is 0. The fraction of sp³-hybridized carbons (Fsp3) is 0.304. The van der Waals surface area contributed by atoms with Crippen LogP contribution in [-0.4, -0.2) is 38.9 Å². The van der Waals surface area contributed by atoms with Crippen molar-refractivity contribution in [1.29, 1.82) is 5.26 Å². The molecule has 2 atom stereocenters. The summed E-state index contributed by atoms with van der Waals surface area (Å²) in [5.41, 5.74) is 8.14. The number of benzene rings is 1. The molecule has 32 heavy (non-hydrogen) atoms. The van der Waals surface area contributed by atoms with Crippen molar-refractivity contribution in [2.45, 2.75) is 43.8 Å². The van der Waals surface area contributed by atoms with E-state index in [0.717, 1.165) is 36.1 Å². The van der Waals surface area contributed by atoms with Crippen LogP contribution in [0, 0.1) is 17.1 Å². The van der Waals surface area contributed by atoms with Crippen molar-refractivity contribution >= 4 is 29.7 Å². The van der Waals surface area contributed by atoms with Crippen LogP contribution in [0.3, 0.4) is 0 Å². The van der Waals surface area contributed by atoms with Crippen LogP contribution >= 0.6 is 23.7 Å². The summed E-state index contributed by atoms with van der Waals surface area (Å²) in [4.78, 5) is 25.2. The van der Waals surface area contributed by atoms with Gasteiger partial charge in [-0.15, -0.1) is 23.7 Å². The van der Waals surface area contributed by atoms with E-state index in [-0.39, 0.29) is 42.0 Å². The summed E-state index contributed by atoms with van der Waals surface area (Å²) in [6.45, 7) is 0. The molecular weight excluding hydrogens is 449 g/mol. The molecule has 1 aromatic carbocycles. The van der Waals surface area contributed by atoms with Gasteiger partial charge in [-0.2, -0.15) is 5.26 Å². The molecule has 2 aliphatic rings. The first-order valence-electron chi connectivity index (χ1n) is 10.2. The molecular formula is C23H21ClFN5OS. The Hall–Kier alpha value is -2.86. The van der Waals surface area contributed by atoms with Crippen LogP contribution in [0.25, 0.3) is 21.7 Å². The van der Waals surface area contributed by atoms with E-state index in [0.29, 0.717) is 16.1 Å². The van der Waals surface area contributed by atoms with Gasteiger partial charge in [-0.3, -0.25) is 4.79 Å². The quantitative estimate of drug-likeness (QED) is 0.613. The molecule has 2 saturated heterocycles. The van der Waals surface area contributed by atoms with Crippen molar-refractivity contribution in [2.24, 2.45) is 5.73 Å². The number of fused-ring (bicyclic) bond motifs is 2. The highest BCUT2D eigenvalue weighted by molar-refractivity contribution is 7.18. The summed E-state index contributed by atoms with van der Waals surface area (Å²) >= 11 is 1.36. The summed E-state index contributed by atoms with van der Waals surface area (Å²) in [6, 6.07) is 10.4. The largest absolute Gasteiger partial charge is 0.332 e. The standard InChI is InChI=1S/C23H20FN5OS.ClH/c24-19-7-13(1-2-14(19)11-25)18-10-21(31-22(18)20-5-6-27-12-28-20)23(30)29-16-3-4-17(29)9-15(26)8-16;/h1-2,5-7,10,12,15-17H,3-4,8-9,26H2;1H. The van der Waals surface area contributed by atoms with Gasteiger partial charge in [-0.05, 0) is 55.5 Å². The fourth-order valence-electron chi connectivity index (χ4n) is 4.78. The van der Waals surface area contributed by atoms with Crippen LogP contribution in [0.1, 0.15) is 40.9 Å². The topological polar surface area (TPSA) is 95.9 Å². The van der Waals surface area contributed by atoms with E-state index >= 15 is 0 Å². The number of nitrogens with two attached hydrogens (primary N) is 1. The molecule has 2 unspecified atom stereocenters. The highest BCUT2D eigenvalue weighted by atomic mass is 35.5. The maximum Gasteiger partial charge on any atom is 0.264 e. The predicted octanol–water partition coefficient (Wildman–Crippen LogP) is 4.40. The summed E-state index contributed by atoms with van der Waals surface area (Å²) in [7, 11) is 0. The number of rotatable bonds is 3. The zero-order valence-corrected chi connectivity index (χ0v) is 18.7. The van der Waals surface area contributed by atoms with Gasteiger partial charge in [0, 0.05) is 29.9 Å². The van der Waals surface area contributed by atoms with E-state index in [1.54, 1.807) is 18.3 Å². The molecule has 0 spiro atoms. The van der Waals surface area contributed by atoms with Gasteiger partial charge in [0.2, 0.25) is 0 Å². The third-order valence-electron chi connectivity index (χ3n) is 6.16. The smallest absolute Gasteiger partial charge is 0.264 e. The first kappa shape index (κ1) is 22.3. The van der Waals surface area contributed by atoms with Crippen molar-refractivity contribution in [2.75, 3.05) is 0 Å². The second kappa shape index (κ2) is 8.94. The van der Waals surface area contributed by atoms with Crippen molar-refractivity contribution in [3.63, 3.8) is 0 Å². The lowest BCUT2D eigenvalue weighted by Crippen LogP contribution is -2.49. The molecule has 3 aromatic rings. The molecule has 0 aliphatic carbocycles. The van der Waals surface area contributed by atoms with Gasteiger partial charge in [0.1, 0.15) is 18.2 Å². The van der Waals surface area contributed by atoms with E-state index in [1.165, 1.54) is 29.8 Å². The molecule has 2 fully saturated rings. The summed E-state index contributed by atoms with van der Waals surface area (Å²) in [6.07, 6.45) is 6.73. The predicted molar refractivity (Wildman–Crippen MR) is 123 cm³/mol. The monoisotopic (exact) mass is 469 g/mol. The molecule has 2 aliphatic heterocycles. The van der Waals surface area contributed by atoms with Gasteiger partial charge < -0.3 is 10.6 Å². The van der Waals surface area contributed by atoms with Gasteiger partial charge in [0.25, 0.3) is 5.91 Å². The molecule has 5 rings (SSSR count). The Morgan fingerprint density at radius 3 is 2.59 bits per heavy atom. The number of hydrogen-bond acceptors (Lipinski definition) is 6. The Balaban J connectivity index is 0.00000245. The molecule has 2 bridgehead atoms. The molecule has 2 aromatic heterocycles. The lowest BCUT2D eigenvalue weighted by atomic mass is 9.97. The van der Waals surface area contributed by atoms with E-state index in [1.807, 2.05) is 17.0 Å². The number of aromatic nitrogens is 2. The summed E-state index contributed by atoms with van der Waals surface area (Å²) in [5.74, 6) is -0.587. The third-order valence-corrected chi connectivity index (χ3v) is 7.31. The molecule has 0 saturated carbocycles. The van der Waals surface area contributed by atoms with Crippen molar-refractivity contribution in [1.82, 2.24) is 14.9 Å². The van der Waals surface area contributed by atoms with Gasteiger partial charge in [-0.25, -0.2) is 14.4 Å². The minimum Gasteiger partial charge on any atom is -0.332 e. The normalized spacial score (nSPS) is 21.7. The first-order valence-corrected chi connectivity index (χ1v) is 11.0. The van der Waals surface area contributed by atoms with E-state index in [2.05, 4.69) is 9.97 Å². The Morgan fingerprint density at radius 2 is 1.97 bits per heavy atom. The number of thiophene rings is 1. The van der Waals surface area contributed by atoms with Crippen LogP contribution in [0.15, 0.2) is 42.9 Å². The fourth-order valence-corrected chi connectivity index (χ4v) is 5.88. The Kier molecular flexibility index (Phi) is 6.24. The minimum atomic E-state index is -0.587. The van der Waals surface area contributed by atoms with Crippen molar-refractivity contribution < 1.29 is 9.18 Å². The van der Waals surface area contributed by atoms with Crippen LogP contribution in [0.2, 0.25) is 0 Å². The summed E-state index contributed by atoms with van der Waals surface area (Å²) < 4.78 is 14.3. The van der Waals surface area contributed by atoms with Gasteiger partial charge in [0.05, 0.1) is 21.0 Å². The van der Waals surface area contributed by atoms with E-state index in [4.69, 9.17) is 11.0 Å². The number of piperidine rings is 1. The lowest BCUT2D eigenvalue weighted by molar-refractivity contribution is 0.0580. The maximum atomic E-state index is 14.3. The Labute approximate surface area is 195 Å². The molecule has 0 radical (unpaired) electrons. The van der Waals surface area contributed by atoms with Crippen LogP contribution < -0.4 is 5.73 Å². The Morgan fingerprint density at radius 1 is 1.22 bits per heavy atom. The Bertz CT molecular complexity index is 1180. The molecule has 6 nitrogen and oxygen atoms in total. The average molecular weight is 470 g/mol. The number of halogens is 2. The number of carbonyl (C=O) groups excluding carboxylic acids is 1. The second-order valence-electron chi connectivity index (χ2n) is 8.08. The van der Waals surface area contributed by atoms with Gasteiger partial charge >= 0.3 is 0 Å². The highest BCUT2D eigenvalue weighted by Crippen LogP contribution is 2.42. The van der Waals surface area contributed by atoms with E-state index < -0.39 is 5.82 Å². The second-order valence-corrected chi connectivity index (χ2v) is 9.14. The highest BCUT2D eigenvalue weighted by Gasteiger charge is 2.43. The van der Waals surface area contributed by atoms with Gasteiger partial charge in [-0.1, -0.05) is 6.07 Å². The number of nitriles is 1. The zero-order valence-electron chi connectivity index (χ0n) is 17.1. The molecule has 2 N–H and O–H groups in total. The number of amides is 1. The van der Waals surface area contributed by atoms with Crippen molar-refractivity contribution in [3.8, 4) is 27.8 Å². The zero-order chi connectivity index (χ0) is 21.5. The van der Waals surface area contributed by atoms with Crippen LogP contribution in [0.4, 0.5) is 4.39 Å².